The number of nitrogens with zero attached hydrogens (tertiary/aromatic N) is 2. The van der Waals surface area contributed by atoms with E-state index < -0.39 is 6.10 Å². The summed E-state index contributed by atoms with van der Waals surface area (Å²) in [6.07, 6.45) is 2.06. The lowest BCUT2D eigenvalue weighted by molar-refractivity contribution is 0.0915. The number of ether oxygens (including phenoxy) is 1. The van der Waals surface area contributed by atoms with E-state index in [0.717, 1.165) is 0 Å². The van der Waals surface area contributed by atoms with E-state index >= 15 is 0 Å². The number of amides is 1. The Labute approximate surface area is 151 Å². The Bertz CT molecular complexity index is 867. The van der Waals surface area contributed by atoms with Gasteiger partial charge in [-0.05, 0) is 36.8 Å². The number of benzene rings is 2. The van der Waals surface area contributed by atoms with Crippen LogP contribution < -0.4 is 10.1 Å². The molecule has 2 aromatic carbocycles. The van der Waals surface area contributed by atoms with Crippen molar-refractivity contribution in [2.24, 2.45) is 0 Å². The normalized spacial score (nSPS) is 11.6. The Morgan fingerprint density at radius 1 is 1.08 bits per heavy atom. The first kappa shape index (κ1) is 17.6. The molecular weight excluding hydrogens is 330 g/mol. The van der Waals surface area contributed by atoms with Gasteiger partial charge in [0.25, 0.3) is 5.91 Å². The molecule has 1 aromatic heterocycles. The molecule has 6 nitrogen and oxygen atoms in total. The summed E-state index contributed by atoms with van der Waals surface area (Å²) in [5.41, 5.74) is 1.00. The van der Waals surface area contributed by atoms with Gasteiger partial charge in [-0.2, -0.15) is 0 Å². The Kier molecular flexibility index (Phi) is 5.56. The number of aliphatic hydroxyl groups is 1. The van der Waals surface area contributed by atoms with Gasteiger partial charge in [0.15, 0.2) is 0 Å². The fraction of sp³-hybridized carbons (Fsp3) is 0.150. The summed E-state index contributed by atoms with van der Waals surface area (Å²) in [4.78, 5) is 20.0. The molecule has 1 amide bonds. The molecule has 26 heavy (non-hydrogen) atoms. The summed E-state index contributed by atoms with van der Waals surface area (Å²) >= 11 is 0. The molecule has 0 saturated carbocycles. The molecule has 0 aliphatic heterocycles. The Balaban J connectivity index is 1.61. The maximum atomic E-state index is 12.1. The van der Waals surface area contributed by atoms with Crippen LogP contribution in [0.25, 0.3) is 0 Å². The van der Waals surface area contributed by atoms with Gasteiger partial charge in [-0.15, -0.1) is 0 Å². The first-order valence-electron chi connectivity index (χ1n) is 8.19. The average Bonchev–Trinajstić information content (AvgIpc) is 2.67. The molecule has 0 aliphatic rings. The first-order chi connectivity index (χ1) is 12.6. The smallest absolute Gasteiger partial charge is 0.254 e. The van der Waals surface area contributed by atoms with Crippen LogP contribution in [0.15, 0.2) is 67.0 Å². The predicted octanol–water partition coefficient (Wildman–Crippen LogP) is 3.04. The fourth-order valence-electron chi connectivity index (χ4n) is 2.33. The lowest BCUT2D eigenvalue weighted by Gasteiger charge is -2.14. The van der Waals surface area contributed by atoms with Crippen molar-refractivity contribution >= 4 is 5.91 Å². The van der Waals surface area contributed by atoms with Gasteiger partial charge < -0.3 is 15.2 Å². The van der Waals surface area contributed by atoms with E-state index in [9.17, 15) is 9.90 Å². The quantitative estimate of drug-likeness (QED) is 0.714. The molecule has 1 unspecified atom stereocenters. The number of rotatable bonds is 6. The van der Waals surface area contributed by atoms with E-state index in [1.807, 2.05) is 36.4 Å². The lowest BCUT2D eigenvalue weighted by atomic mass is 10.1. The van der Waals surface area contributed by atoms with Crippen LogP contribution in [0.4, 0.5) is 0 Å². The van der Waals surface area contributed by atoms with E-state index in [1.54, 1.807) is 25.1 Å². The summed E-state index contributed by atoms with van der Waals surface area (Å²) in [5.74, 6) is 1.59. The zero-order valence-corrected chi connectivity index (χ0v) is 14.3. The minimum atomic E-state index is -0.857. The van der Waals surface area contributed by atoms with Crippen LogP contribution in [0.1, 0.15) is 27.8 Å². The molecule has 3 aromatic rings. The van der Waals surface area contributed by atoms with Crippen LogP contribution in [0, 0.1) is 6.92 Å². The predicted molar refractivity (Wildman–Crippen MR) is 97.0 cm³/mol. The van der Waals surface area contributed by atoms with Crippen molar-refractivity contribution in [2.75, 3.05) is 6.54 Å². The topological polar surface area (TPSA) is 84.3 Å². The van der Waals surface area contributed by atoms with Crippen molar-refractivity contribution in [1.29, 1.82) is 0 Å². The third-order valence-corrected chi connectivity index (χ3v) is 3.72. The van der Waals surface area contributed by atoms with Crippen molar-refractivity contribution in [3.05, 3.63) is 83.9 Å². The van der Waals surface area contributed by atoms with Gasteiger partial charge in [0.05, 0.1) is 11.7 Å². The zero-order chi connectivity index (χ0) is 18.4. The second-order valence-electron chi connectivity index (χ2n) is 5.73. The Hall–Kier alpha value is -3.25. The highest BCUT2D eigenvalue weighted by atomic mass is 16.5. The lowest BCUT2D eigenvalue weighted by Crippen LogP contribution is -2.28. The monoisotopic (exact) mass is 349 g/mol. The van der Waals surface area contributed by atoms with E-state index in [4.69, 9.17) is 4.74 Å². The van der Waals surface area contributed by atoms with Gasteiger partial charge in [0, 0.05) is 18.9 Å². The number of aryl methyl sites for hydroxylation is 1. The molecule has 3 rings (SSSR count). The van der Waals surface area contributed by atoms with Gasteiger partial charge in [0.2, 0.25) is 0 Å². The van der Waals surface area contributed by atoms with Crippen LogP contribution in [-0.4, -0.2) is 27.5 Å². The molecule has 6 heteroatoms. The molecule has 0 bridgehead atoms. The standard InChI is InChI=1S/C20H19N3O3/c1-14-21-11-16(12-22-14)20(25)23-13-19(24)15-6-5-9-18(10-15)26-17-7-3-2-4-8-17/h2-12,19,24H,13H2,1H3,(H,23,25). The van der Waals surface area contributed by atoms with Crippen LogP contribution in [0.3, 0.4) is 0 Å². The van der Waals surface area contributed by atoms with E-state index in [2.05, 4.69) is 15.3 Å². The number of nitrogens with one attached hydrogen (secondary N) is 1. The zero-order valence-electron chi connectivity index (χ0n) is 14.3. The highest BCUT2D eigenvalue weighted by Crippen LogP contribution is 2.24. The van der Waals surface area contributed by atoms with Gasteiger partial charge >= 0.3 is 0 Å². The van der Waals surface area contributed by atoms with Gasteiger partial charge in [0.1, 0.15) is 17.3 Å². The van der Waals surface area contributed by atoms with Crippen molar-refractivity contribution in [3.8, 4) is 11.5 Å². The number of hydrogen-bond acceptors (Lipinski definition) is 5. The summed E-state index contributed by atoms with van der Waals surface area (Å²) in [5, 5.41) is 13.0. The van der Waals surface area contributed by atoms with E-state index in [-0.39, 0.29) is 12.5 Å². The third kappa shape index (κ3) is 4.64. The molecule has 1 heterocycles. The van der Waals surface area contributed by atoms with Gasteiger partial charge in [-0.25, -0.2) is 9.97 Å². The number of hydrogen-bond donors (Lipinski definition) is 2. The molecular formula is C20H19N3O3. The van der Waals surface area contributed by atoms with Crippen LogP contribution in [0.5, 0.6) is 11.5 Å². The highest BCUT2D eigenvalue weighted by Gasteiger charge is 2.12. The van der Waals surface area contributed by atoms with Crippen LogP contribution in [-0.2, 0) is 0 Å². The fourth-order valence-corrected chi connectivity index (χ4v) is 2.33. The SMILES string of the molecule is Cc1ncc(C(=O)NCC(O)c2cccc(Oc3ccccc3)c2)cn1. The largest absolute Gasteiger partial charge is 0.457 e. The summed E-state index contributed by atoms with van der Waals surface area (Å²) in [6, 6.07) is 16.5. The Morgan fingerprint density at radius 2 is 1.77 bits per heavy atom. The average molecular weight is 349 g/mol. The number of carbonyl (C=O) groups is 1. The number of aliphatic hydroxyl groups excluding tert-OH is 1. The maximum absolute atomic E-state index is 12.1. The van der Waals surface area contributed by atoms with E-state index in [1.165, 1.54) is 12.4 Å². The molecule has 0 radical (unpaired) electrons. The molecule has 2 N–H and O–H groups in total. The van der Waals surface area contributed by atoms with Crippen molar-refractivity contribution in [1.82, 2.24) is 15.3 Å². The van der Waals surface area contributed by atoms with E-state index in [0.29, 0.717) is 28.5 Å². The van der Waals surface area contributed by atoms with Gasteiger partial charge in [-0.3, -0.25) is 4.79 Å². The van der Waals surface area contributed by atoms with Crippen LogP contribution >= 0.6 is 0 Å². The summed E-state index contributed by atoms with van der Waals surface area (Å²) in [6.45, 7) is 1.82. The molecule has 0 spiro atoms. The second-order valence-corrected chi connectivity index (χ2v) is 5.73. The van der Waals surface area contributed by atoms with Crippen LogP contribution in [0.2, 0.25) is 0 Å². The highest BCUT2D eigenvalue weighted by molar-refractivity contribution is 5.93. The van der Waals surface area contributed by atoms with Gasteiger partial charge in [-0.1, -0.05) is 30.3 Å². The molecule has 132 valence electrons. The first-order valence-corrected chi connectivity index (χ1v) is 8.19. The van der Waals surface area contributed by atoms with Crippen molar-refractivity contribution < 1.29 is 14.6 Å². The summed E-state index contributed by atoms with van der Waals surface area (Å²) in [7, 11) is 0. The molecule has 1 atom stereocenters. The summed E-state index contributed by atoms with van der Waals surface area (Å²) < 4.78 is 5.76. The third-order valence-electron chi connectivity index (χ3n) is 3.72. The van der Waals surface area contributed by atoms with Crippen molar-refractivity contribution in [2.45, 2.75) is 13.0 Å². The van der Waals surface area contributed by atoms with Crippen molar-refractivity contribution in [3.63, 3.8) is 0 Å². The number of aromatic nitrogens is 2. The molecule has 0 fully saturated rings. The number of carbonyl (C=O) groups excluding carboxylic acids is 1. The minimum Gasteiger partial charge on any atom is -0.457 e. The maximum Gasteiger partial charge on any atom is 0.254 e. The number of para-hydroxylation sites is 1. The minimum absolute atomic E-state index is 0.0709. The second kappa shape index (κ2) is 8.22. The Morgan fingerprint density at radius 3 is 2.50 bits per heavy atom. The molecule has 0 saturated heterocycles. The molecule has 0 aliphatic carbocycles.